The van der Waals surface area contributed by atoms with E-state index in [-0.39, 0.29) is 29.6 Å². The fourth-order valence-corrected chi connectivity index (χ4v) is 2.19. The molecule has 1 aromatic rings. The first kappa shape index (κ1) is 11.8. The summed E-state index contributed by atoms with van der Waals surface area (Å²) in [5.74, 6) is 0. The zero-order valence-corrected chi connectivity index (χ0v) is 7.69. The Kier molecular flexibility index (Phi) is 5.87. The topological polar surface area (TPSA) is 36.7 Å². The predicted octanol–water partition coefficient (Wildman–Crippen LogP) is 1.38. The molecule has 11 heavy (non-hydrogen) atoms. The first-order valence-corrected chi connectivity index (χ1v) is 4.87. The molecule has 2 nitrogen and oxygen atoms in total. The Balaban J connectivity index is 0.000001000. The van der Waals surface area contributed by atoms with Gasteiger partial charge in [-0.1, -0.05) is 0 Å². The average Bonchev–Trinajstić information content (AvgIpc) is 2.30. The van der Waals surface area contributed by atoms with Crippen LogP contribution in [0.4, 0.5) is 0 Å². The van der Waals surface area contributed by atoms with Crippen molar-refractivity contribution in [2.24, 2.45) is 0 Å². The Hall–Kier alpha value is 0.820. The summed E-state index contributed by atoms with van der Waals surface area (Å²) in [4.78, 5) is 0. The normalized spacial score (nSPS) is 8.45. The molecule has 1 heterocycles. The summed E-state index contributed by atoms with van der Waals surface area (Å²) in [6, 6.07) is 2.05. The molecule has 1 aromatic heterocycles. The summed E-state index contributed by atoms with van der Waals surface area (Å²) >= 11 is 6.86. The molecule has 0 bridgehead atoms. The minimum atomic E-state index is 0. The van der Waals surface area contributed by atoms with Crippen molar-refractivity contribution >= 4 is 65.5 Å². The van der Waals surface area contributed by atoms with E-state index in [4.69, 9.17) is 5.26 Å². The molecule has 0 aliphatic heterocycles. The van der Waals surface area contributed by atoms with E-state index in [0.717, 1.165) is 4.21 Å². The first-order chi connectivity index (χ1) is 4.79. The Bertz CT molecular complexity index is 278. The van der Waals surface area contributed by atoms with Crippen molar-refractivity contribution in [1.82, 2.24) is 4.37 Å². The molecular weight excluding hydrogens is 207 g/mol. The fourth-order valence-electron chi connectivity index (χ4n) is 0.502. The van der Waals surface area contributed by atoms with Gasteiger partial charge in [0.25, 0.3) is 0 Å². The Morgan fingerprint density at radius 2 is 2.36 bits per heavy atom. The number of rotatable bonds is 1. The summed E-state index contributed by atoms with van der Waals surface area (Å²) in [5, 5.41) is 9.11. The van der Waals surface area contributed by atoms with Crippen molar-refractivity contribution in [1.29, 1.82) is 5.26 Å². The van der Waals surface area contributed by atoms with Crippen LogP contribution in [0, 0.1) is 11.3 Å². The number of hydrogen-bond donors (Lipinski definition) is 1. The fraction of sp³-hybridized carbons (Fsp3) is 0.200. The van der Waals surface area contributed by atoms with Gasteiger partial charge in [-0.05, 0) is 17.8 Å². The minimum absolute atomic E-state index is 0. The van der Waals surface area contributed by atoms with Crippen LogP contribution in [0.2, 0.25) is 0 Å². The van der Waals surface area contributed by atoms with E-state index in [1.807, 2.05) is 12.3 Å². The van der Waals surface area contributed by atoms with E-state index in [9.17, 15) is 0 Å². The van der Waals surface area contributed by atoms with Crippen LogP contribution in [0.5, 0.6) is 0 Å². The Morgan fingerprint density at radius 1 is 1.73 bits per heavy atom. The molecule has 0 saturated heterocycles. The van der Waals surface area contributed by atoms with Gasteiger partial charge in [-0.2, -0.15) is 9.64 Å². The first-order valence-electron chi connectivity index (χ1n) is 2.42. The zero-order chi connectivity index (χ0) is 7.56. The van der Waals surface area contributed by atoms with Gasteiger partial charge in [0.15, 0.2) is 0 Å². The Morgan fingerprint density at radius 3 is 2.73 bits per heavy atom. The second-order valence-electron chi connectivity index (χ2n) is 1.48. The summed E-state index contributed by atoms with van der Waals surface area (Å²) in [6.45, 7) is 0. The maximum absolute atomic E-state index is 8.57. The second-order valence-corrected chi connectivity index (χ2v) is 3.76. The summed E-state index contributed by atoms with van der Waals surface area (Å²) in [5.41, 5.74) is 0.598. The van der Waals surface area contributed by atoms with Gasteiger partial charge in [0, 0.05) is 0 Å². The van der Waals surface area contributed by atoms with Crippen molar-refractivity contribution in [3.63, 3.8) is 0 Å². The second kappa shape index (κ2) is 5.46. The van der Waals surface area contributed by atoms with Crippen LogP contribution in [-0.2, 0) is 0 Å². The molecular formula is C5H5N2NaS3. The van der Waals surface area contributed by atoms with E-state index < -0.39 is 0 Å². The number of aromatic nitrogens is 1. The number of nitriles is 1. The van der Waals surface area contributed by atoms with Gasteiger partial charge in [-0.25, -0.2) is 0 Å². The third-order valence-corrected chi connectivity index (χ3v) is 3.34. The van der Waals surface area contributed by atoms with Crippen molar-refractivity contribution in [3.8, 4) is 6.07 Å². The molecule has 0 unspecified atom stereocenters. The quantitative estimate of drug-likeness (QED) is 0.434. The van der Waals surface area contributed by atoms with Crippen LogP contribution in [0.1, 0.15) is 5.56 Å². The van der Waals surface area contributed by atoms with Crippen LogP contribution in [0.15, 0.2) is 9.24 Å². The molecule has 54 valence electrons. The summed E-state index contributed by atoms with van der Waals surface area (Å²) in [6.07, 6.45) is 1.92. The predicted molar refractivity (Wildman–Crippen MR) is 53.0 cm³/mol. The average molecular weight is 212 g/mol. The van der Waals surface area contributed by atoms with Gasteiger partial charge in [0.05, 0.1) is 4.21 Å². The number of hydrogen-bond acceptors (Lipinski definition) is 5. The van der Waals surface area contributed by atoms with Gasteiger partial charge < -0.3 is 0 Å². The van der Waals surface area contributed by atoms with E-state index in [2.05, 4.69) is 17.0 Å². The van der Waals surface area contributed by atoms with Crippen LogP contribution in [-0.4, -0.2) is 40.2 Å². The van der Waals surface area contributed by atoms with Crippen molar-refractivity contribution < 1.29 is 0 Å². The van der Waals surface area contributed by atoms with E-state index in [1.54, 1.807) is 0 Å². The van der Waals surface area contributed by atoms with Gasteiger partial charge in [0.1, 0.15) is 16.7 Å². The molecule has 0 aliphatic carbocycles. The molecule has 0 atom stereocenters. The van der Waals surface area contributed by atoms with E-state index in [1.165, 1.54) is 23.3 Å². The van der Waals surface area contributed by atoms with Gasteiger partial charge in [-0.3, -0.25) is 0 Å². The van der Waals surface area contributed by atoms with Gasteiger partial charge in [0.2, 0.25) is 0 Å². The number of thioether (sulfide) groups is 1. The zero-order valence-electron chi connectivity index (χ0n) is 5.16. The van der Waals surface area contributed by atoms with Crippen LogP contribution in [0.3, 0.4) is 0 Å². The van der Waals surface area contributed by atoms with Crippen molar-refractivity contribution in [2.75, 3.05) is 6.26 Å². The van der Waals surface area contributed by atoms with E-state index in [0.29, 0.717) is 10.6 Å². The molecule has 0 aliphatic rings. The van der Waals surface area contributed by atoms with Gasteiger partial charge in [-0.15, -0.1) is 24.4 Å². The molecule has 0 radical (unpaired) electrons. The molecule has 0 aromatic carbocycles. The van der Waals surface area contributed by atoms with Crippen LogP contribution >= 0.6 is 35.9 Å². The Labute approximate surface area is 101 Å². The molecule has 0 saturated carbocycles. The third kappa shape index (κ3) is 2.65. The van der Waals surface area contributed by atoms with Crippen molar-refractivity contribution in [3.05, 3.63) is 5.56 Å². The van der Waals surface area contributed by atoms with E-state index >= 15 is 0 Å². The van der Waals surface area contributed by atoms with Crippen LogP contribution < -0.4 is 0 Å². The molecule has 0 N–H and O–H groups in total. The van der Waals surface area contributed by atoms with Crippen LogP contribution in [0.25, 0.3) is 0 Å². The monoisotopic (exact) mass is 212 g/mol. The number of thiol groups is 1. The molecule has 0 fully saturated rings. The SMILES string of the molecule is CSc1snc(S)c1C#N.[NaH]. The molecule has 0 amide bonds. The molecule has 6 heteroatoms. The summed E-state index contributed by atoms with van der Waals surface area (Å²) < 4.78 is 4.86. The standard InChI is InChI=1S/C5H4N2S3.Na.H/c1-9-5-3(2-6)4(8)7-10-5;;/h1H3,(H,7,8);;. The third-order valence-electron chi connectivity index (χ3n) is 0.940. The van der Waals surface area contributed by atoms with Gasteiger partial charge >= 0.3 is 29.6 Å². The van der Waals surface area contributed by atoms with Crippen molar-refractivity contribution in [2.45, 2.75) is 9.24 Å². The number of nitrogens with zero attached hydrogens (tertiary/aromatic N) is 2. The molecule has 0 spiro atoms. The maximum atomic E-state index is 8.57. The molecule has 1 rings (SSSR count). The summed E-state index contributed by atoms with van der Waals surface area (Å²) in [7, 11) is 0.